The van der Waals surface area contributed by atoms with Crippen molar-refractivity contribution in [1.82, 2.24) is 9.97 Å². The number of aromatic nitrogens is 2. The Balaban J connectivity index is 1.74. The van der Waals surface area contributed by atoms with Gasteiger partial charge < -0.3 is 4.74 Å². The van der Waals surface area contributed by atoms with Crippen LogP contribution in [0, 0.1) is 0 Å². The minimum Gasteiger partial charge on any atom is -0.473 e. The number of benzene rings is 1. The van der Waals surface area contributed by atoms with E-state index in [1.54, 1.807) is 6.07 Å². The van der Waals surface area contributed by atoms with Crippen LogP contribution in [0.3, 0.4) is 0 Å². The van der Waals surface area contributed by atoms with Gasteiger partial charge in [-0.15, -0.1) is 0 Å². The number of nitrogens with zero attached hydrogens (tertiary/aromatic N) is 2. The minimum atomic E-state index is 0.372. The van der Waals surface area contributed by atoms with Crippen LogP contribution < -0.4 is 4.74 Å². The summed E-state index contributed by atoms with van der Waals surface area (Å²) < 4.78 is 5.65. The lowest BCUT2D eigenvalue weighted by Crippen LogP contribution is -2.01. The normalized spacial score (nSPS) is 14.4. The van der Waals surface area contributed by atoms with E-state index in [-0.39, 0.29) is 0 Å². The van der Waals surface area contributed by atoms with Crippen molar-refractivity contribution in [1.29, 1.82) is 0 Å². The molecule has 0 N–H and O–H groups in total. The molecule has 1 aromatic heterocycles. The van der Waals surface area contributed by atoms with Gasteiger partial charge in [0.25, 0.3) is 0 Å². The Labute approximate surface area is 121 Å². The van der Waals surface area contributed by atoms with Gasteiger partial charge in [0.2, 0.25) is 5.88 Å². The molecule has 5 heteroatoms. The molecule has 0 spiro atoms. The maximum Gasteiger partial charge on any atom is 0.218 e. The Morgan fingerprint density at radius 2 is 1.95 bits per heavy atom. The molecule has 0 aliphatic heterocycles. The molecule has 0 atom stereocenters. The molecule has 1 aromatic carbocycles. The maximum absolute atomic E-state index is 6.07. The zero-order chi connectivity index (χ0) is 13.2. The monoisotopic (exact) mass is 294 g/mol. The van der Waals surface area contributed by atoms with Crippen LogP contribution in [0.5, 0.6) is 5.88 Å². The zero-order valence-electron chi connectivity index (χ0n) is 10.1. The molecule has 1 heterocycles. The van der Waals surface area contributed by atoms with Crippen LogP contribution in [0.1, 0.15) is 30.1 Å². The number of halogens is 2. The van der Waals surface area contributed by atoms with Crippen molar-refractivity contribution < 1.29 is 4.74 Å². The fourth-order valence-electron chi connectivity index (χ4n) is 1.78. The van der Waals surface area contributed by atoms with Crippen LogP contribution >= 0.6 is 23.2 Å². The standard InChI is InChI=1S/C14H12Cl2N2O/c15-11-4-2-1-3-10(11)8-19-13-7-12(16)17-14(18-13)9-5-6-9/h1-4,7,9H,5-6,8H2. The molecular formula is C14H12Cl2N2O. The van der Waals surface area contributed by atoms with Crippen molar-refractivity contribution in [2.75, 3.05) is 0 Å². The highest BCUT2D eigenvalue weighted by atomic mass is 35.5. The molecule has 98 valence electrons. The lowest BCUT2D eigenvalue weighted by molar-refractivity contribution is 0.292. The number of hydrogen-bond acceptors (Lipinski definition) is 3. The third kappa shape index (κ3) is 3.17. The van der Waals surface area contributed by atoms with Gasteiger partial charge in [0, 0.05) is 22.6 Å². The first-order chi connectivity index (χ1) is 9.22. The van der Waals surface area contributed by atoms with Crippen molar-refractivity contribution >= 4 is 23.2 Å². The highest BCUT2D eigenvalue weighted by Crippen LogP contribution is 2.39. The van der Waals surface area contributed by atoms with E-state index in [1.807, 2.05) is 24.3 Å². The third-order valence-corrected chi connectivity index (χ3v) is 3.53. The molecule has 1 fully saturated rings. The van der Waals surface area contributed by atoms with Gasteiger partial charge in [-0.1, -0.05) is 41.4 Å². The van der Waals surface area contributed by atoms with Crippen LogP contribution in [0.4, 0.5) is 0 Å². The largest absolute Gasteiger partial charge is 0.473 e. The maximum atomic E-state index is 6.07. The summed E-state index contributed by atoms with van der Waals surface area (Å²) in [6.07, 6.45) is 2.26. The zero-order valence-corrected chi connectivity index (χ0v) is 11.7. The summed E-state index contributed by atoms with van der Waals surface area (Å²) in [4.78, 5) is 8.60. The molecule has 0 unspecified atom stereocenters. The van der Waals surface area contributed by atoms with Crippen LogP contribution in [0.2, 0.25) is 10.2 Å². The lowest BCUT2D eigenvalue weighted by Gasteiger charge is -2.08. The average molecular weight is 295 g/mol. The first kappa shape index (κ1) is 12.7. The first-order valence-electron chi connectivity index (χ1n) is 6.13. The van der Waals surface area contributed by atoms with Gasteiger partial charge in [-0.3, -0.25) is 0 Å². The average Bonchev–Trinajstić information content (AvgIpc) is 3.21. The van der Waals surface area contributed by atoms with Gasteiger partial charge >= 0.3 is 0 Å². The van der Waals surface area contributed by atoms with E-state index >= 15 is 0 Å². The summed E-state index contributed by atoms with van der Waals surface area (Å²) in [7, 11) is 0. The number of ether oxygens (including phenoxy) is 1. The molecule has 2 aromatic rings. The van der Waals surface area contributed by atoms with Gasteiger partial charge in [0.05, 0.1) is 0 Å². The minimum absolute atomic E-state index is 0.372. The third-order valence-electron chi connectivity index (χ3n) is 2.96. The summed E-state index contributed by atoms with van der Waals surface area (Å²) in [5.74, 6) is 1.73. The smallest absolute Gasteiger partial charge is 0.218 e. The predicted molar refractivity (Wildman–Crippen MR) is 74.8 cm³/mol. The SMILES string of the molecule is Clc1cc(OCc2ccccc2Cl)nc(C2CC2)n1. The van der Waals surface area contributed by atoms with Crippen molar-refractivity contribution in [3.63, 3.8) is 0 Å². The summed E-state index contributed by atoms with van der Waals surface area (Å²) >= 11 is 12.1. The van der Waals surface area contributed by atoms with E-state index in [0.717, 1.165) is 24.2 Å². The van der Waals surface area contributed by atoms with Crippen LogP contribution in [-0.2, 0) is 6.61 Å². The summed E-state index contributed by atoms with van der Waals surface area (Å²) in [5.41, 5.74) is 0.923. The van der Waals surface area contributed by atoms with Gasteiger partial charge in [-0.05, 0) is 18.9 Å². The molecule has 19 heavy (non-hydrogen) atoms. The lowest BCUT2D eigenvalue weighted by atomic mass is 10.2. The van der Waals surface area contributed by atoms with Crippen LogP contribution in [0.15, 0.2) is 30.3 Å². The summed E-state index contributed by atoms with van der Waals surface area (Å²) in [6, 6.07) is 9.20. The van der Waals surface area contributed by atoms with Crippen molar-refractivity contribution in [2.45, 2.75) is 25.4 Å². The number of hydrogen-bond donors (Lipinski definition) is 0. The van der Waals surface area contributed by atoms with E-state index in [2.05, 4.69) is 9.97 Å². The Morgan fingerprint density at radius 3 is 2.68 bits per heavy atom. The van der Waals surface area contributed by atoms with Gasteiger partial charge in [-0.25, -0.2) is 4.98 Å². The van der Waals surface area contributed by atoms with Crippen molar-refractivity contribution in [3.05, 3.63) is 51.9 Å². The van der Waals surface area contributed by atoms with E-state index in [1.165, 1.54) is 0 Å². The number of rotatable bonds is 4. The van der Waals surface area contributed by atoms with Crippen molar-refractivity contribution in [3.8, 4) is 5.88 Å². The molecule has 3 rings (SSSR count). The Morgan fingerprint density at radius 1 is 1.16 bits per heavy atom. The molecule has 0 amide bonds. The predicted octanol–water partition coefficient (Wildman–Crippen LogP) is 4.24. The second-order valence-corrected chi connectivity index (χ2v) is 5.34. The topological polar surface area (TPSA) is 35.0 Å². The second kappa shape index (κ2) is 5.35. The molecule has 1 saturated carbocycles. The summed E-state index contributed by atoms with van der Waals surface area (Å²) in [5, 5.41) is 1.11. The van der Waals surface area contributed by atoms with Gasteiger partial charge in [0.15, 0.2) is 0 Å². The molecule has 0 bridgehead atoms. The Hall–Kier alpha value is -1.32. The molecule has 1 aliphatic rings. The van der Waals surface area contributed by atoms with E-state index in [9.17, 15) is 0 Å². The molecule has 0 saturated heterocycles. The highest BCUT2D eigenvalue weighted by Gasteiger charge is 2.27. The quantitative estimate of drug-likeness (QED) is 0.791. The molecule has 3 nitrogen and oxygen atoms in total. The molecule has 1 aliphatic carbocycles. The highest BCUT2D eigenvalue weighted by molar-refractivity contribution is 6.31. The second-order valence-electron chi connectivity index (χ2n) is 4.54. The van der Waals surface area contributed by atoms with E-state index < -0.39 is 0 Å². The summed E-state index contributed by atoms with van der Waals surface area (Å²) in [6.45, 7) is 0.372. The van der Waals surface area contributed by atoms with Crippen molar-refractivity contribution in [2.24, 2.45) is 0 Å². The first-order valence-corrected chi connectivity index (χ1v) is 6.88. The fraction of sp³-hybridized carbons (Fsp3) is 0.286. The Bertz CT molecular complexity index is 600. The van der Waals surface area contributed by atoms with Gasteiger partial charge in [-0.2, -0.15) is 4.98 Å². The Kier molecular flexibility index (Phi) is 3.58. The van der Waals surface area contributed by atoms with Gasteiger partial charge in [0.1, 0.15) is 17.6 Å². The van der Waals surface area contributed by atoms with Crippen LogP contribution in [-0.4, -0.2) is 9.97 Å². The van der Waals surface area contributed by atoms with E-state index in [4.69, 9.17) is 27.9 Å². The molecule has 0 radical (unpaired) electrons. The molecular weight excluding hydrogens is 283 g/mol. The fourth-order valence-corrected chi connectivity index (χ4v) is 2.15. The van der Waals surface area contributed by atoms with Crippen LogP contribution in [0.25, 0.3) is 0 Å². The van der Waals surface area contributed by atoms with E-state index in [0.29, 0.717) is 28.6 Å².